The third kappa shape index (κ3) is 10.6. The van der Waals surface area contributed by atoms with Crippen LogP contribution < -0.4 is 29.6 Å². The van der Waals surface area contributed by atoms with Crippen LogP contribution in [0.1, 0.15) is 98.6 Å². The number of benzene rings is 1. The zero-order chi connectivity index (χ0) is 37.8. The molecule has 13 nitrogen and oxygen atoms in total. The molecule has 1 aromatic carbocycles. The number of carboxylic acids is 2. The van der Waals surface area contributed by atoms with E-state index >= 15 is 0 Å². The number of likely N-dealkylation sites (tertiary alicyclic amines) is 1. The Morgan fingerprint density at radius 2 is 1.51 bits per heavy atom. The molecule has 53 heavy (non-hydrogen) atoms. The van der Waals surface area contributed by atoms with Crippen LogP contribution in [0.15, 0.2) is 30.6 Å². The van der Waals surface area contributed by atoms with Crippen molar-refractivity contribution in [1.29, 1.82) is 0 Å². The molecular formula is C37H53FN6NaO7S+. The van der Waals surface area contributed by atoms with Crippen molar-refractivity contribution in [3.05, 3.63) is 58.9 Å². The maximum absolute atomic E-state index is 14.5. The minimum Gasteiger partial charge on any atom is -0.481 e. The number of sulfonamides is 1. The number of rotatable bonds is 10. The third-order valence-electron chi connectivity index (χ3n) is 11.4. The number of halogens is 1. The summed E-state index contributed by atoms with van der Waals surface area (Å²) in [6.07, 6.45) is 5.85. The number of nitrogens with zero attached hydrogens (tertiary/aromatic N) is 6. The first-order valence-corrected chi connectivity index (χ1v) is 19.9. The van der Waals surface area contributed by atoms with Gasteiger partial charge in [0.2, 0.25) is 10.0 Å². The summed E-state index contributed by atoms with van der Waals surface area (Å²) in [6, 6.07) is 7.29. The number of carbonyl (C=O) groups is 3. The summed E-state index contributed by atoms with van der Waals surface area (Å²) in [7, 11) is -3.18. The van der Waals surface area contributed by atoms with E-state index in [1.54, 1.807) is 16.4 Å². The minimum absolute atomic E-state index is 0. The molecule has 1 saturated carbocycles. The Labute approximate surface area is 334 Å². The molecule has 1 aromatic heterocycles. The van der Waals surface area contributed by atoms with Gasteiger partial charge >= 0.3 is 41.5 Å². The van der Waals surface area contributed by atoms with Crippen molar-refractivity contribution in [3.8, 4) is 0 Å². The molecule has 2 aromatic rings. The van der Waals surface area contributed by atoms with Crippen molar-refractivity contribution < 1.29 is 67.0 Å². The van der Waals surface area contributed by atoms with Crippen molar-refractivity contribution in [3.63, 3.8) is 0 Å². The number of aliphatic carboxylic acids is 2. The number of carbonyl (C=O) groups excluding carboxylic acids is 1. The maximum atomic E-state index is 14.5. The summed E-state index contributed by atoms with van der Waals surface area (Å²) in [6.45, 7) is 13.5. The van der Waals surface area contributed by atoms with Gasteiger partial charge in [0.25, 0.3) is 5.91 Å². The smallest absolute Gasteiger partial charge is 0.481 e. The van der Waals surface area contributed by atoms with E-state index in [1.165, 1.54) is 12.4 Å². The quantitative estimate of drug-likeness (QED) is 0.333. The Morgan fingerprint density at radius 1 is 0.925 bits per heavy atom. The van der Waals surface area contributed by atoms with Crippen molar-refractivity contribution >= 4 is 27.9 Å². The van der Waals surface area contributed by atoms with E-state index in [1.807, 2.05) is 24.8 Å². The number of piperazine rings is 1. The van der Waals surface area contributed by atoms with E-state index in [9.17, 15) is 27.2 Å². The summed E-state index contributed by atoms with van der Waals surface area (Å²) < 4.78 is 42.0. The van der Waals surface area contributed by atoms with Gasteiger partial charge in [0, 0.05) is 63.4 Å². The number of aromatic nitrogens is 2. The van der Waals surface area contributed by atoms with Crippen LogP contribution in [-0.4, -0.2) is 128 Å². The number of hydrogen-bond donors (Lipinski definition) is 2. The van der Waals surface area contributed by atoms with Gasteiger partial charge in [-0.1, -0.05) is 12.1 Å². The fraction of sp³-hybridized carbons (Fsp3) is 0.649. The number of carboxylic acid groups (broad SMARTS) is 2. The molecule has 1 aliphatic carbocycles. The minimum atomic E-state index is -3.18. The number of amides is 1. The fourth-order valence-corrected chi connectivity index (χ4v) is 9.98. The number of aryl methyl sites for hydroxylation is 2. The molecule has 4 aliphatic rings. The molecule has 0 spiro atoms. The molecule has 0 bridgehead atoms. The van der Waals surface area contributed by atoms with E-state index in [-0.39, 0.29) is 82.9 Å². The molecule has 4 fully saturated rings. The molecule has 286 valence electrons. The fourth-order valence-electron chi connectivity index (χ4n) is 8.11. The first kappa shape index (κ1) is 43.2. The van der Waals surface area contributed by atoms with Crippen LogP contribution in [0.3, 0.4) is 0 Å². The van der Waals surface area contributed by atoms with Crippen LogP contribution in [0.5, 0.6) is 0 Å². The van der Waals surface area contributed by atoms with Crippen LogP contribution in [0.2, 0.25) is 0 Å². The summed E-state index contributed by atoms with van der Waals surface area (Å²) in [5.74, 6) is -2.10. The standard InChI is InChI=1S/C33H47FN6O3S.C4H6O4.Na/c1-23-21-38(33(4)12-16-37(17-13-33)32(41)30-24(2)35-22-36-25(30)3)18-19-40(23)31(27-6-5-7-28(34)20-27)26-10-14-39(15-11-26)44(42,43)29-8-9-29;5-3(6)1-2-4(7)8;/h5-7,20,22-23,26,29,31H,8-19,21H2,1-4H3;1-2H2,(H,5,6)(H,7,8);/q;;+1/t23-,31+;;/m1../s1. The predicted octanol–water partition coefficient (Wildman–Crippen LogP) is 1.12. The molecule has 0 unspecified atom stereocenters. The van der Waals surface area contributed by atoms with Gasteiger partial charge in [0.05, 0.1) is 35.0 Å². The zero-order valence-electron chi connectivity index (χ0n) is 31.7. The number of piperidine rings is 2. The average molecular weight is 768 g/mol. The number of hydrogen-bond acceptors (Lipinski definition) is 9. The van der Waals surface area contributed by atoms with E-state index in [0.717, 1.165) is 75.1 Å². The van der Waals surface area contributed by atoms with Gasteiger partial charge in [0.15, 0.2) is 0 Å². The second kappa shape index (κ2) is 18.4. The van der Waals surface area contributed by atoms with Gasteiger partial charge < -0.3 is 15.1 Å². The van der Waals surface area contributed by atoms with Gasteiger partial charge in [-0.15, -0.1) is 0 Å². The van der Waals surface area contributed by atoms with Gasteiger partial charge in [-0.25, -0.2) is 27.1 Å². The van der Waals surface area contributed by atoms with Crippen molar-refractivity contribution in [2.45, 2.75) is 102 Å². The van der Waals surface area contributed by atoms with Crippen LogP contribution in [0.25, 0.3) is 0 Å². The second-order valence-corrected chi connectivity index (χ2v) is 17.2. The Bertz CT molecular complexity index is 1680. The Balaban J connectivity index is 0.000000627. The molecule has 4 heterocycles. The monoisotopic (exact) mass is 767 g/mol. The predicted molar refractivity (Wildman–Crippen MR) is 193 cm³/mol. The Morgan fingerprint density at radius 3 is 2.02 bits per heavy atom. The maximum Gasteiger partial charge on any atom is 1.00 e. The molecule has 0 radical (unpaired) electrons. The topological polar surface area (TPSA) is 165 Å². The van der Waals surface area contributed by atoms with E-state index < -0.39 is 22.0 Å². The van der Waals surface area contributed by atoms with E-state index in [4.69, 9.17) is 10.2 Å². The summed E-state index contributed by atoms with van der Waals surface area (Å²) in [4.78, 5) is 48.3. The summed E-state index contributed by atoms with van der Waals surface area (Å²) in [5.41, 5.74) is 3.05. The molecule has 1 amide bonds. The molecule has 2 N–H and O–H groups in total. The molecular weight excluding hydrogens is 714 g/mol. The van der Waals surface area contributed by atoms with Crippen LogP contribution >= 0.6 is 0 Å². The van der Waals surface area contributed by atoms with Gasteiger partial charge in [-0.05, 0) is 89.8 Å². The van der Waals surface area contributed by atoms with Crippen LogP contribution in [0.4, 0.5) is 4.39 Å². The van der Waals surface area contributed by atoms with Crippen LogP contribution in [0, 0.1) is 25.6 Å². The first-order chi connectivity index (χ1) is 24.6. The molecule has 6 rings (SSSR count). The van der Waals surface area contributed by atoms with E-state index in [0.29, 0.717) is 31.7 Å². The molecule has 2 atom stereocenters. The average Bonchev–Trinajstić information content (AvgIpc) is 3.96. The van der Waals surface area contributed by atoms with E-state index in [2.05, 4.69) is 33.6 Å². The van der Waals surface area contributed by atoms with Crippen molar-refractivity contribution in [2.75, 3.05) is 45.8 Å². The molecule has 3 saturated heterocycles. The Kier molecular flexibility index (Phi) is 15.0. The van der Waals surface area contributed by atoms with Gasteiger partial charge in [-0.2, -0.15) is 0 Å². The van der Waals surface area contributed by atoms with Crippen molar-refractivity contribution in [1.82, 2.24) is 29.0 Å². The largest absolute Gasteiger partial charge is 1.00 e. The second-order valence-electron chi connectivity index (χ2n) is 15.0. The van der Waals surface area contributed by atoms with Crippen LogP contribution in [-0.2, 0) is 19.6 Å². The van der Waals surface area contributed by atoms with Crippen molar-refractivity contribution in [2.24, 2.45) is 5.92 Å². The summed E-state index contributed by atoms with van der Waals surface area (Å²) in [5, 5.41) is 15.6. The normalized spacial score (nSPS) is 22.2. The SMILES string of the molecule is Cc1ncnc(C)c1C(=O)N1CCC(C)(N2CCN([C@H](c3cccc(F)c3)C3CCN(S(=O)(=O)C4CC4)CC3)[C@H](C)C2)CC1.O=C(O)CCC(=O)O.[Na+]. The first-order valence-electron chi connectivity index (χ1n) is 18.4. The third-order valence-corrected chi connectivity index (χ3v) is 13.8. The van der Waals surface area contributed by atoms with Gasteiger partial charge in [-0.3, -0.25) is 24.2 Å². The Hall–Kier alpha value is -2.53. The molecule has 3 aliphatic heterocycles. The summed E-state index contributed by atoms with van der Waals surface area (Å²) >= 11 is 0. The zero-order valence-corrected chi connectivity index (χ0v) is 34.5. The van der Waals surface area contributed by atoms with Gasteiger partial charge in [0.1, 0.15) is 12.1 Å². The molecule has 16 heteroatoms.